The van der Waals surface area contributed by atoms with Crippen LogP contribution in [0.4, 0.5) is 0 Å². The van der Waals surface area contributed by atoms with Crippen LogP contribution in [0.3, 0.4) is 0 Å². The van der Waals surface area contributed by atoms with E-state index in [4.69, 9.17) is 9.05 Å². The minimum absolute atomic E-state index is 0.165. The number of hydrogen-bond donors (Lipinski definition) is 0. The molecule has 0 fully saturated rings. The number of halogens is 1. The van der Waals surface area contributed by atoms with E-state index in [0.29, 0.717) is 11.0 Å². The van der Waals surface area contributed by atoms with E-state index in [1.165, 1.54) is 79.8 Å². The highest BCUT2D eigenvalue weighted by atomic mass is 127. The van der Waals surface area contributed by atoms with Crippen LogP contribution in [0, 0.1) is 3.57 Å². The summed E-state index contributed by atoms with van der Waals surface area (Å²) >= 11 is 2.44. The third kappa shape index (κ3) is 19.0. The number of rotatable bonds is 21. The van der Waals surface area contributed by atoms with E-state index in [-0.39, 0.29) is 13.2 Å². The summed E-state index contributed by atoms with van der Waals surface area (Å²) < 4.78 is 23.6. The predicted octanol–water partition coefficient (Wildman–Crippen LogP) is 7.11. The van der Waals surface area contributed by atoms with Crippen molar-refractivity contribution in [2.45, 2.75) is 89.9 Å². The molecule has 5 nitrogen and oxygen atoms in total. The molecular formula is C26H47INO4P. The van der Waals surface area contributed by atoms with Crippen molar-refractivity contribution in [1.82, 2.24) is 0 Å². The average Bonchev–Trinajstić information content (AvgIpc) is 2.73. The number of unbranched alkanes of at least 4 members (excludes halogenated alkanes) is 12. The summed E-state index contributed by atoms with van der Waals surface area (Å²) in [5.74, 6) is 0. The quantitative estimate of drug-likeness (QED) is 0.0658. The molecule has 0 spiro atoms. The smallest absolute Gasteiger partial charge is 0.268 e. The van der Waals surface area contributed by atoms with Crippen LogP contribution in [-0.2, 0) is 20.0 Å². The fourth-order valence-electron chi connectivity index (χ4n) is 3.70. The molecule has 0 saturated heterocycles. The number of quaternary nitrogens is 1. The van der Waals surface area contributed by atoms with Crippen molar-refractivity contribution >= 4 is 30.4 Å². The Morgan fingerprint density at radius 2 is 1.21 bits per heavy atom. The van der Waals surface area contributed by atoms with Crippen LogP contribution in [0.25, 0.3) is 0 Å². The van der Waals surface area contributed by atoms with E-state index in [1.807, 2.05) is 21.1 Å². The minimum atomic E-state index is -4.14. The molecule has 7 heteroatoms. The Bertz CT molecular complexity index is 666. The first-order valence-electron chi connectivity index (χ1n) is 12.8. The molecule has 0 amide bonds. The summed E-state index contributed by atoms with van der Waals surface area (Å²) in [5.41, 5.74) is 1.50. The molecule has 1 aromatic rings. The molecule has 192 valence electrons. The van der Waals surface area contributed by atoms with Gasteiger partial charge in [0.1, 0.15) is 13.2 Å². The van der Waals surface area contributed by atoms with Crippen molar-refractivity contribution in [3.63, 3.8) is 0 Å². The summed E-state index contributed by atoms with van der Waals surface area (Å²) in [5, 5.41) is 0. The number of aryl methyl sites for hydroxylation is 1. The third-order valence-corrected chi connectivity index (χ3v) is 7.86. The molecule has 0 heterocycles. The Morgan fingerprint density at radius 3 is 1.73 bits per heavy atom. The molecular weight excluding hydrogens is 548 g/mol. The molecule has 1 atom stereocenters. The van der Waals surface area contributed by atoms with Gasteiger partial charge in [0.2, 0.25) is 0 Å². The number of phosphoric acid groups is 1. The van der Waals surface area contributed by atoms with Crippen LogP contribution >= 0.6 is 30.4 Å². The second-order valence-electron chi connectivity index (χ2n) is 10.1. The number of hydrogen-bond acceptors (Lipinski definition) is 4. The van der Waals surface area contributed by atoms with Crippen LogP contribution in [0.15, 0.2) is 24.3 Å². The molecule has 0 aromatic heterocycles. The lowest BCUT2D eigenvalue weighted by Crippen LogP contribution is -2.37. The lowest BCUT2D eigenvalue weighted by molar-refractivity contribution is -0.870. The standard InChI is InChI=1S/C26H47INO4P/c1-28(2,3)22-24-32-33(29,30)31-23-18-14-12-10-8-6-4-5-7-9-11-13-15-19-25-20-16-17-21-26(25)27/h16-17,20-21H,4-15,18-19,22-24H2,1-3H3. The van der Waals surface area contributed by atoms with Crippen molar-refractivity contribution < 1.29 is 23.0 Å². The highest BCUT2D eigenvalue weighted by Gasteiger charge is 2.12. The zero-order valence-electron chi connectivity index (χ0n) is 21.2. The lowest BCUT2D eigenvalue weighted by atomic mass is 10.0. The third-order valence-electron chi connectivity index (χ3n) is 5.81. The highest BCUT2D eigenvalue weighted by molar-refractivity contribution is 14.1. The van der Waals surface area contributed by atoms with Gasteiger partial charge in [0.25, 0.3) is 7.82 Å². The van der Waals surface area contributed by atoms with Crippen molar-refractivity contribution in [1.29, 1.82) is 0 Å². The summed E-state index contributed by atoms with van der Waals surface area (Å²) in [6, 6.07) is 8.71. The van der Waals surface area contributed by atoms with Gasteiger partial charge in [-0.05, 0) is 53.5 Å². The molecule has 1 unspecified atom stereocenters. The fourth-order valence-corrected chi connectivity index (χ4v) is 5.09. The largest absolute Gasteiger partial charge is 0.756 e. The zero-order chi connectivity index (χ0) is 24.4. The second-order valence-corrected chi connectivity index (χ2v) is 12.6. The topological polar surface area (TPSA) is 58.6 Å². The second kappa shape index (κ2) is 18.3. The summed E-state index contributed by atoms with van der Waals surface area (Å²) in [6.07, 6.45) is 17.4. The molecule has 0 aliphatic rings. The van der Waals surface area contributed by atoms with Gasteiger partial charge in [0, 0.05) is 3.57 Å². The maximum Gasteiger partial charge on any atom is 0.268 e. The van der Waals surface area contributed by atoms with E-state index in [2.05, 4.69) is 46.9 Å². The van der Waals surface area contributed by atoms with Gasteiger partial charge in [-0.1, -0.05) is 88.8 Å². The Balaban J connectivity index is 1.81. The SMILES string of the molecule is C[N+](C)(C)CCOP(=O)([O-])OCCCCCCCCCCCCCCCc1ccccc1I. The molecule has 1 aromatic carbocycles. The van der Waals surface area contributed by atoms with Gasteiger partial charge in [0.15, 0.2) is 0 Å². The Hall–Kier alpha value is 0.0200. The maximum absolute atomic E-state index is 11.7. The van der Waals surface area contributed by atoms with Gasteiger partial charge in [-0.15, -0.1) is 0 Å². The highest BCUT2D eigenvalue weighted by Crippen LogP contribution is 2.38. The number of benzene rings is 1. The van der Waals surface area contributed by atoms with Crippen molar-refractivity contribution in [2.75, 3.05) is 40.9 Å². The lowest BCUT2D eigenvalue weighted by Gasteiger charge is -2.27. The van der Waals surface area contributed by atoms with Gasteiger partial charge in [0.05, 0.1) is 27.7 Å². The van der Waals surface area contributed by atoms with E-state index in [0.717, 1.165) is 19.3 Å². The van der Waals surface area contributed by atoms with Crippen LogP contribution in [-0.4, -0.2) is 45.4 Å². The Labute approximate surface area is 217 Å². The molecule has 0 aliphatic carbocycles. The summed E-state index contributed by atoms with van der Waals surface area (Å²) in [4.78, 5) is 11.7. The Kier molecular flexibility index (Phi) is 17.2. The van der Waals surface area contributed by atoms with Crippen LogP contribution < -0.4 is 4.89 Å². The molecule has 33 heavy (non-hydrogen) atoms. The summed E-state index contributed by atoms with van der Waals surface area (Å²) in [7, 11) is 1.85. The van der Waals surface area contributed by atoms with Crippen LogP contribution in [0.2, 0.25) is 0 Å². The molecule has 0 bridgehead atoms. The van der Waals surface area contributed by atoms with Crippen molar-refractivity contribution in [3.05, 3.63) is 33.4 Å². The van der Waals surface area contributed by atoms with E-state index < -0.39 is 7.82 Å². The Morgan fingerprint density at radius 1 is 0.758 bits per heavy atom. The fraction of sp³-hybridized carbons (Fsp3) is 0.769. The number of nitrogens with zero attached hydrogens (tertiary/aromatic N) is 1. The van der Waals surface area contributed by atoms with Crippen molar-refractivity contribution in [3.8, 4) is 0 Å². The van der Waals surface area contributed by atoms with Crippen molar-refractivity contribution in [2.24, 2.45) is 0 Å². The minimum Gasteiger partial charge on any atom is -0.756 e. The molecule has 1 rings (SSSR count). The van der Waals surface area contributed by atoms with Crippen LogP contribution in [0.1, 0.15) is 89.0 Å². The molecule has 0 N–H and O–H groups in total. The molecule has 0 radical (unpaired) electrons. The number of likely N-dealkylation sites (N-methyl/N-ethyl adjacent to an activating group) is 1. The van der Waals surface area contributed by atoms with Gasteiger partial charge >= 0.3 is 0 Å². The predicted molar refractivity (Wildman–Crippen MR) is 145 cm³/mol. The van der Waals surface area contributed by atoms with E-state index in [9.17, 15) is 9.46 Å². The van der Waals surface area contributed by atoms with Gasteiger partial charge in [-0.25, -0.2) is 0 Å². The van der Waals surface area contributed by atoms with Gasteiger partial charge in [-0.3, -0.25) is 4.57 Å². The maximum atomic E-state index is 11.7. The van der Waals surface area contributed by atoms with Gasteiger partial charge < -0.3 is 18.4 Å². The molecule has 0 aliphatic heterocycles. The molecule has 0 saturated carbocycles. The zero-order valence-corrected chi connectivity index (χ0v) is 24.3. The first kappa shape index (κ1) is 31.1. The van der Waals surface area contributed by atoms with Gasteiger partial charge in [-0.2, -0.15) is 0 Å². The van der Waals surface area contributed by atoms with E-state index in [1.54, 1.807) is 0 Å². The number of phosphoric ester groups is 1. The first-order valence-corrected chi connectivity index (χ1v) is 15.4. The van der Waals surface area contributed by atoms with E-state index >= 15 is 0 Å². The monoisotopic (exact) mass is 595 g/mol. The van der Waals surface area contributed by atoms with Crippen LogP contribution in [0.5, 0.6) is 0 Å². The average molecular weight is 596 g/mol. The first-order chi connectivity index (χ1) is 15.7. The summed E-state index contributed by atoms with van der Waals surface area (Å²) in [6.45, 7) is 1.03. The normalized spacial score (nSPS) is 13.8.